The van der Waals surface area contributed by atoms with Crippen LogP contribution in [-0.2, 0) is 6.18 Å². The molecule has 0 radical (unpaired) electrons. The van der Waals surface area contributed by atoms with Crippen molar-refractivity contribution >= 4 is 39.0 Å². The van der Waals surface area contributed by atoms with Crippen molar-refractivity contribution in [1.29, 1.82) is 0 Å². The molecule has 0 spiro atoms. The highest BCUT2D eigenvalue weighted by Gasteiger charge is 2.30. The van der Waals surface area contributed by atoms with Crippen LogP contribution in [0.4, 0.5) is 19.0 Å². The largest absolute Gasteiger partial charge is 0.475 e. The third kappa shape index (κ3) is 4.10. The van der Waals surface area contributed by atoms with Crippen LogP contribution in [0.25, 0.3) is 10.2 Å². The molecule has 25 heavy (non-hydrogen) atoms. The maximum absolute atomic E-state index is 12.5. The zero-order chi connectivity index (χ0) is 18.0. The number of alkyl halides is 3. The minimum Gasteiger partial charge on any atom is -0.475 e. The first-order chi connectivity index (χ1) is 11.8. The van der Waals surface area contributed by atoms with Gasteiger partial charge in [0.05, 0.1) is 22.0 Å². The van der Waals surface area contributed by atoms with Crippen LogP contribution in [0, 0.1) is 0 Å². The number of hydrogen-bond acceptors (Lipinski definition) is 6. The Balaban J connectivity index is 1.63. The second-order valence-electron chi connectivity index (χ2n) is 5.23. The van der Waals surface area contributed by atoms with Gasteiger partial charge in [0.2, 0.25) is 5.88 Å². The first-order valence-electron chi connectivity index (χ1n) is 7.15. The molecule has 1 unspecified atom stereocenters. The predicted octanol–water partition coefficient (Wildman–Crippen LogP) is 4.64. The first kappa shape index (κ1) is 17.7. The van der Waals surface area contributed by atoms with E-state index >= 15 is 0 Å². The third-order valence-electron chi connectivity index (χ3n) is 3.25. The fourth-order valence-electron chi connectivity index (χ4n) is 2.07. The lowest BCUT2D eigenvalue weighted by Gasteiger charge is -2.16. The molecule has 10 heteroatoms. The van der Waals surface area contributed by atoms with Crippen molar-refractivity contribution in [3.05, 3.63) is 40.6 Å². The molecule has 3 rings (SSSR count). The van der Waals surface area contributed by atoms with E-state index in [1.54, 1.807) is 5.38 Å². The Morgan fingerprint density at radius 3 is 2.76 bits per heavy atom. The molecule has 5 nitrogen and oxygen atoms in total. The van der Waals surface area contributed by atoms with Gasteiger partial charge in [0, 0.05) is 17.6 Å². The van der Waals surface area contributed by atoms with Crippen LogP contribution in [0.2, 0.25) is 5.02 Å². The van der Waals surface area contributed by atoms with Crippen molar-refractivity contribution in [3.8, 4) is 5.88 Å². The summed E-state index contributed by atoms with van der Waals surface area (Å²) in [6.45, 7) is 2.03. The monoisotopic (exact) mass is 388 g/mol. The summed E-state index contributed by atoms with van der Waals surface area (Å²) in [5, 5.41) is 6.22. The topological polar surface area (TPSA) is 59.9 Å². The second-order valence-corrected chi connectivity index (χ2v) is 6.49. The summed E-state index contributed by atoms with van der Waals surface area (Å²) >= 11 is 7.56. The van der Waals surface area contributed by atoms with Gasteiger partial charge in [-0.15, -0.1) is 11.3 Å². The van der Waals surface area contributed by atoms with Gasteiger partial charge in [0.1, 0.15) is 23.6 Å². The molecule has 0 aromatic carbocycles. The van der Waals surface area contributed by atoms with Crippen molar-refractivity contribution in [2.45, 2.75) is 19.1 Å². The number of hydrogen-bond donors (Lipinski definition) is 1. The van der Waals surface area contributed by atoms with Gasteiger partial charge in [0.15, 0.2) is 0 Å². The van der Waals surface area contributed by atoms with E-state index in [0.717, 1.165) is 22.5 Å². The molecule has 0 aliphatic rings. The van der Waals surface area contributed by atoms with E-state index in [2.05, 4.69) is 20.3 Å². The van der Waals surface area contributed by atoms with E-state index in [9.17, 15) is 13.2 Å². The molecule has 0 fully saturated rings. The maximum Gasteiger partial charge on any atom is 0.417 e. The molecule has 0 saturated heterocycles. The van der Waals surface area contributed by atoms with Gasteiger partial charge >= 0.3 is 6.18 Å². The van der Waals surface area contributed by atoms with E-state index in [1.807, 2.05) is 6.92 Å². The number of ether oxygens (including phenoxy) is 1. The van der Waals surface area contributed by atoms with Crippen LogP contribution in [0.3, 0.4) is 0 Å². The number of nitrogens with zero attached hydrogens (tertiary/aromatic N) is 3. The third-order valence-corrected chi connectivity index (χ3v) is 4.57. The van der Waals surface area contributed by atoms with Crippen LogP contribution in [0.15, 0.2) is 30.0 Å². The van der Waals surface area contributed by atoms with Gasteiger partial charge < -0.3 is 10.1 Å². The number of rotatable bonds is 5. The molecular formula is C15H12ClF3N4OS. The van der Waals surface area contributed by atoms with E-state index in [0.29, 0.717) is 10.8 Å². The van der Waals surface area contributed by atoms with Crippen molar-refractivity contribution in [3.63, 3.8) is 0 Å². The van der Waals surface area contributed by atoms with Gasteiger partial charge in [-0.3, -0.25) is 0 Å². The number of halogens is 4. The molecule has 3 aromatic rings. The normalized spacial score (nSPS) is 13.0. The fourth-order valence-corrected chi connectivity index (χ4v) is 3.20. The second kappa shape index (κ2) is 7.01. The van der Waals surface area contributed by atoms with Crippen LogP contribution < -0.4 is 10.1 Å². The summed E-state index contributed by atoms with van der Waals surface area (Å²) < 4.78 is 42.9. The molecule has 1 atom stereocenters. The smallest absolute Gasteiger partial charge is 0.417 e. The SMILES string of the molecule is CC(COc1ccc(C(F)(F)F)cn1)Nc1ncnc2scc(Cl)c12. The van der Waals surface area contributed by atoms with Crippen LogP contribution >= 0.6 is 22.9 Å². The number of thiophene rings is 1. The van der Waals surface area contributed by atoms with Crippen molar-refractivity contribution < 1.29 is 17.9 Å². The van der Waals surface area contributed by atoms with E-state index in [-0.39, 0.29) is 18.5 Å². The molecule has 0 amide bonds. The fraction of sp³-hybridized carbons (Fsp3) is 0.267. The molecule has 0 bridgehead atoms. The van der Waals surface area contributed by atoms with Crippen LogP contribution in [0.5, 0.6) is 5.88 Å². The Labute approximate surface area is 149 Å². The van der Waals surface area contributed by atoms with Crippen molar-refractivity contribution in [2.24, 2.45) is 0 Å². The molecule has 0 saturated carbocycles. The summed E-state index contributed by atoms with van der Waals surface area (Å²) in [6, 6.07) is 1.94. The number of fused-ring (bicyclic) bond motifs is 1. The lowest BCUT2D eigenvalue weighted by Crippen LogP contribution is -2.24. The quantitative estimate of drug-likeness (QED) is 0.690. The highest BCUT2D eigenvalue weighted by atomic mass is 35.5. The zero-order valence-corrected chi connectivity index (χ0v) is 14.4. The van der Waals surface area contributed by atoms with Gasteiger partial charge in [-0.05, 0) is 13.0 Å². The average molecular weight is 389 g/mol. The van der Waals surface area contributed by atoms with Gasteiger partial charge in [0.25, 0.3) is 0 Å². The summed E-state index contributed by atoms with van der Waals surface area (Å²) in [6.07, 6.45) is -2.24. The molecule has 0 aliphatic carbocycles. The highest BCUT2D eigenvalue weighted by molar-refractivity contribution is 7.17. The number of nitrogens with one attached hydrogen (secondary N) is 1. The standard InChI is InChI=1S/C15H12ClF3N4OS/c1-8(5-24-11-3-2-9(4-20-11)15(17,18)19)23-13-12-10(16)6-25-14(12)22-7-21-13/h2-4,6-8H,5H2,1H3,(H,21,22,23). The lowest BCUT2D eigenvalue weighted by atomic mass is 10.3. The average Bonchev–Trinajstić information content (AvgIpc) is 2.95. The summed E-state index contributed by atoms with van der Waals surface area (Å²) in [5.41, 5.74) is -0.818. The number of anilines is 1. The highest BCUT2D eigenvalue weighted by Crippen LogP contribution is 2.33. The Morgan fingerprint density at radius 1 is 1.28 bits per heavy atom. The zero-order valence-electron chi connectivity index (χ0n) is 12.8. The minimum atomic E-state index is -4.42. The first-order valence-corrected chi connectivity index (χ1v) is 8.40. The van der Waals surface area contributed by atoms with Gasteiger partial charge in [-0.25, -0.2) is 15.0 Å². The number of aromatic nitrogens is 3. The Hall–Kier alpha value is -2.13. The molecular weight excluding hydrogens is 377 g/mol. The Bertz CT molecular complexity index is 869. The molecule has 3 aromatic heterocycles. The van der Waals surface area contributed by atoms with E-state index < -0.39 is 11.7 Å². The maximum atomic E-state index is 12.5. The summed E-state index contributed by atoms with van der Waals surface area (Å²) in [4.78, 5) is 12.7. The van der Waals surface area contributed by atoms with Crippen molar-refractivity contribution in [1.82, 2.24) is 15.0 Å². The van der Waals surface area contributed by atoms with Gasteiger partial charge in [-0.1, -0.05) is 11.6 Å². The van der Waals surface area contributed by atoms with E-state index in [4.69, 9.17) is 16.3 Å². The molecule has 1 N–H and O–H groups in total. The Morgan fingerprint density at radius 2 is 2.08 bits per heavy atom. The van der Waals surface area contributed by atoms with E-state index in [1.165, 1.54) is 23.7 Å². The van der Waals surface area contributed by atoms with Crippen molar-refractivity contribution in [2.75, 3.05) is 11.9 Å². The molecule has 0 aliphatic heterocycles. The molecule has 3 heterocycles. The van der Waals surface area contributed by atoms with Gasteiger partial charge in [-0.2, -0.15) is 13.2 Å². The van der Waals surface area contributed by atoms with Crippen LogP contribution in [-0.4, -0.2) is 27.6 Å². The minimum absolute atomic E-state index is 0.114. The molecule has 132 valence electrons. The number of pyridine rings is 1. The Kier molecular flexibility index (Phi) is 4.96. The lowest BCUT2D eigenvalue weighted by molar-refractivity contribution is -0.137. The van der Waals surface area contributed by atoms with Crippen LogP contribution in [0.1, 0.15) is 12.5 Å². The summed E-state index contributed by atoms with van der Waals surface area (Å²) in [5.74, 6) is 0.691. The predicted molar refractivity (Wildman–Crippen MR) is 90.2 cm³/mol. The summed E-state index contributed by atoms with van der Waals surface area (Å²) in [7, 11) is 0.